The number of carbonyl (C=O) groups is 1. The Balaban J connectivity index is 2.08. The average molecular weight is 284 g/mol. The van der Waals surface area contributed by atoms with Crippen LogP contribution in [-0.2, 0) is 4.79 Å². The highest BCUT2D eigenvalue weighted by Crippen LogP contribution is 2.65. The molecule has 2 aliphatic carbocycles. The minimum Gasteiger partial charge on any atom is -0.393 e. The molecule has 110 valence electrons. The number of rotatable bonds is 5. The molecule has 3 atom stereocenters. The van der Waals surface area contributed by atoms with Gasteiger partial charge in [-0.3, -0.25) is 4.79 Å². The van der Waals surface area contributed by atoms with Crippen LogP contribution in [0.4, 0.5) is 0 Å². The van der Waals surface area contributed by atoms with Crippen LogP contribution in [0.2, 0.25) is 0 Å². The van der Waals surface area contributed by atoms with Crippen molar-refractivity contribution >= 4 is 17.5 Å². The predicted octanol–water partition coefficient (Wildman–Crippen LogP) is 3.66. The van der Waals surface area contributed by atoms with E-state index in [-0.39, 0.29) is 21.7 Å². The van der Waals surface area contributed by atoms with Crippen LogP contribution >= 0.6 is 11.8 Å². The Morgan fingerprint density at radius 2 is 2.11 bits per heavy atom. The first-order valence-electron chi connectivity index (χ1n) is 7.46. The van der Waals surface area contributed by atoms with Crippen molar-refractivity contribution in [2.75, 3.05) is 5.75 Å². The molecule has 2 fully saturated rings. The molecular formula is C16H28O2S. The van der Waals surface area contributed by atoms with Crippen LogP contribution in [0.1, 0.15) is 60.3 Å². The molecule has 0 heterocycles. The number of aliphatic hydroxyl groups excluding tert-OH is 1. The van der Waals surface area contributed by atoms with E-state index in [1.54, 1.807) is 0 Å². The zero-order valence-corrected chi connectivity index (χ0v) is 13.8. The van der Waals surface area contributed by atoms with Crippen molar-refractivity contribution in [3.63, 3.8) is 0 Å². The number of carbonyl (C=O) groups excluding carboxylic acids is 1. The van der Waals surface area contributed by atoms with Crippen LogP contribution in [-0.4, -0.2) is 27.5 Å². The van der Waals surface area contributed by atoms with Crippen molar-refractivity contribution in [1.82, 2.24) is 0 Å². The first-order valence-corrected chi connectivity index (χ1v) is 8.45. The number of thioether (sulfide) groups is 1. The number of aliphatic hydroxyl groups is 1. The fourth-order valence-electron chi connectivity index (χ4n) is 4.20. The molecule has 0 unspecified atom stereocenters. The normalized spacial score (nSPS) is 34.8. The van der Waals surface area contributed by atoms with Crippen molar-refractivity contribution in [2.45, 2.75) is 71.2 Å². The van der Waals surface area contributed by atoms with Crippen LogP contribution < -0.4 is 0 Å². The largest absolute Gasteiger partial charge is 0.393 e. The van der Waals surface area contributed by atoms with Crippen molar-refractivity contribution in [2.24, 2.45) is 16.7 Å². The molecule has 0 aromatic rings. The van der Waals surface area contributed by atoms with E-state index in [0.29, 0.717) is 11.7 Å². The summed E-state index contributed by atoms with van der Waals surface area (Å²) in [6.45, 7) is 10.8. The molecule has 0 amide bonds. The predicted molar refractivity (Wildman–Crippen MR) is 81.4 cm³/mol. The van der Waals surface area contributed by atoms with Gasteiger partial charge in [0, 0.05) is 22.3 Å². The molecule has 0 aromatic carbocycles. The van der Waals surface area contributed by atoms with Crippen LogP contribution in [0.3, 0.4) is 0 Å². The molecular weight excluding hydrogens is 256 g/mol. The number of ketones is 1. The summed E-state index contributed by atoms with van der Waals surface area (Å²) in [6, 6.07) is 0. The summed E-state index contributed by atoms with van der Waals surface area (Å²) in [7, 11) is 0. The zero-order chi connectivity index (χ0) is 14.5. The van der Waals surface area contributed by atoms with E-state index in [1.807, 2.05) is 18.7 Å². The molecule has 0 aliphatic heterocycles. The van der Waals surface area contributed by atoms with E-state index in [2.05, 4.69) is 27.7 Å². The lowest BCUT2D eigenvalue weighted by molar-refractivity contribution is -0.127. The van der Waals surface area contributed by atoms with Crippen LogP contribution in [0, 0.1) is 16.7 Å². The van der Waals surface area contributed by atoms with Crippen molar-refractivity contribution < 1.29 is 9.90 Å². The fraction of sp³-hybridized carbons (Fsp3) is 0.938. The SMILES string of the molecule is C[C@H](O)CC(C)(C)SC[C@]12CC[C@H](CC1=O)C2(C)C. The van der Waals surface area contributed by atoms with Crippen molar-refractivity contribution in [1.29, 1.82) is 0 Å². The Hall–Kier alpha value is -0.0200. The van der Waals surface area contributed by atoms with E-state index in [9.17, 15) is 9.90 Å². The Kier molecular flexibility index (Phi) is 3.86. The van der Waals surface area contributed by atoms with Gasteiger partial charge in [0.25, 0.3) is 0 Å². The van der Waals surface area contributed by atoms with Gasteiger partial charge in [0.1, 0.15) is 5.78 Å². The second kappa shape index (κ2) is 4.77. The first kappa shape index (κ1) is 15.4. The Morgan fingerprint density at radius 1 is 1.47 bits per heavy atom. The van der Waals surface area contributed by atoms with Gasteiger partial charge in [-0.15, -0.1) is 0 Å². The standard InChI is InChI=1S/C16H28O2S/c1-11(17)9-14(2,3)19-10-16-7-6-12(8-13(16)18)15(16,4)5/h11-12,17H,6-10H2,1-5H3/t11-,12+,16+/m0/s1. The van der Waals surface area contributed by atoms with Gasteiger partial charge in [-0.1, -0.05) is 27.7 Å². The Bertz CT molecular complexity index is 373. The molecule has 2 aliphatic rings. The van der Waals surface area contributed by atoms with Crippen molar-refractivity contribution in [3.05, 3.63) is 0 Å². The second-order valence-electron chi connectivity index (χ2n) is 7.77. The molecule has 0 aromatic heterocycles. The summed E-state index contributed by atoms with van der Waals surface area (Å²) in [6.07, 6.45) is 3.59. The number of hydrogen-bond donors (Lipinski definition) is 1. The molecule has 3 heteroatoms. The van der Waals surface area contributed by atoms with Crippen molar-refractivity contribution in [3.8, 4) is 0 Å². The number of hydrogen-bond acceptors (Lipinski definition) is 3. The third kappa shape index (κ3) is 2.49. The van der Waals surface area contributed by atoms with Gasteiger partial charge in [-0.05, 0) is 37.5 Å². The van der Waals surface area contributed by atoms with Gasteiger partial charge in [0.05, 0.1) is 6.10 Å². The summed E-state index contributed by atoms with van der Waals surface area (Å²) in [5.74, 6) is 2.02. The monoisotopic (exact) mass is 284 g/mol. The van der Waals surface area contributed by atoms with Gasteiger partial charge in [-0.2, -0.15) is 11.8 Å². The molecule has 2 rings (SSSR count). The highest BCUT2D eigenvalue weighted by atomic mass is 32.2. The lowest BCUT2D eigenvalue weighted by atomic mass is 9.70. The molecule has 2 saturated carbocycles. The lowest BCUT2D eigenvalue weighted by Gasteiger charge is -2.39. The third-order valence-corrected chi connectivity index (χ3v) is 7.22. The van der Waals surface area contributed by atoms with E-state index in [4.69, 9.17) is 0 Å². The van der Waals surface area contributed by atoms with Gasteiger partial charge < -0.3 is 5.11 Å². The summed E-state index contributed by atoms with van der Waals surface area (Å²) >= 11 is 1.88. The smallest absolute Gasteiger partial charge is 0.140 e. The van der Waals surface area contributed by atoms with Gasteiger partial charge in [-0.25, -0.2) is 0 Å². The average Bonchev–Trinajstić information content (AvgIpc) is 2.58. The van der Waals surface area contributed by atoms with E-state index in [1.165, 1.54) is 6.42 Å². The molecule has 0 spiro atoms. The van der Waals surface area contributed by atoms with Crippen LogP contribution in [0.15, 0.2) is 0 Å². The lowest BCUT2D eigenvalue weighted by Crippen LogP contribution is -2.39. The minimum absolute atomic E-state index is 0.0416. The summed E-state index contributed by atoms with van der Waals surface area (Å²) in [5, 5.41) is 9.58. The van der Waals surface area contributed by atoms with E-state index < -0.39 is 0 Å². The number of Topliss-reactive ketones (excluding diaryl/α,β-unsaturated/α-hetero) is 1. The topological polar surface area (TPSA) is 37.3 Å². The highest BCUT2D eigenvalue weighted by molar-refractivity contribution is 8.00. The maximum Gasteiger partial charge on any atom is 0.140 e. The summed E-state index contributed by atoms with van der Waals surface area (Å²) in [5.41, 5.74) is 0.0658. The van der Waals surface area contributed by atoms with Crippen LogP contribution in [0.25, 0.3) is 0 Å². The zero-order valence-electron chi connectivity index (χ0n) is 13.0. The van der Waals surface area contributed by atoms with Gasteiger partial charge in [0.2, 0.25) is 0 Å². The molecule has 2 nitrogen and oxygen atoms in total. The molecule has 1 N–H and O–H groups in total. The number of fused-ring (bicyclic) bond motifs is 2. The first-order chi connectivity index (χ1) is 8.61. The molecule has 0 saturated heterocycles. The summed E-state index contributed by atoms with van der Waals surface area (Å²) in [4.78, 5) is 12.4. The molecule has 19 heavy (non-hydrogen) atoms. The third-order valence-electron chi connectivity index (χ3n) is 5.64. The summed E-state index contributed by atoms with van der Waals surface area (Å²) < 4.78 is 0.0416. The molecule has 2 bridgehead atoms. The second-order valence-corrected chi connectivity index (χ2v) is 9.45. The fourth-order valence-corrected chi connectivity index (χ4v) is 5.87. The van der Waals surface area contributed by atoms with E-state index in [0.717, 1.165) is 25.0 Å². The minimum atomic E-state index is -0.274. The maximum atomic E-state index is 12.4. The van der Waals surface area contributed by atoms with E-state index >= 15 is 0 Å². The van der Waals surface area contributed by atoms with Gasteiger partial charge >= 0.3 is 0 Å². The van der Waals surface area contributed by atoms with Gasteiger partial charge in [0.15, 0.2) is 0 Å². The highest BCUT2D eigenvalue weighted by Gasteiger charge is 2.63. The quantitative estimate of drug-likeness (QED) is 0.837. The van der Waals surface area contributed by atoms with Crippen LogP contribution in [0.5, 0.6) is 0 Å². The Morgan fingerprint density at radius 3 is 2.53 bits per heavy atom. The molecule has 0 radical (unpaired) electrons. The Labute approximate surface area is 121 Å². The maximum absolute atomic E-state index is 12.4.